The SMILES string of the molecule is COc1ccc(Br)cc1/C=N\NC(=O)c1ccc(CN(c2cc(Cl)ccc2C)S(=O)(=O)c2ccccc2)cc1. The summed E-state index contributed by atoms with van der Waals surface area (Å²) in [7, 11) is -2.35. The van der Waals surface area contributed by atoms with Crippen molar-refractivity contribution in [3.8, 4) is 5.75 Å². The molecule has 0 spiro atoms. The van der Waals surface area contributed by atoms with Gasteiger partial charge in [0.15, 0.2) is 0 Å². The fourth-order valence-electron chi connectivity index (χ4n) is 3.83. The van der Waals surface area contributed by atoms with Crippen LogP contribution in [0.3, 0.4) is 0 Å². The number of rotatable bonds is 9. The number of amides is 1. The first-order valence-electron chi connectivity index (χ1n) is 11.8. The lowest BCUT2D eigenvalue weighted by molar-refractivity contribution is 0.0955. The standard InChI is InChI=1S/C29H25BrClN3O4S/c1-20-8-14-25(31)17-27(20)34(39(36,37)26-6-4-3-5-7-26)19-21-9-11-22(12-10-21)29(35)33-32-18-23-16-24(30)13-15-28(23)38-2/h3-18H,19H2,1-2H3,(H,33,35)/b32-18-. The fourth-order valence-corrected chi connectivity index (χ4v) is 5.90. The highest BCUT2D eigenvalue weighted by Gasteiger charge is 2.26. The third kappa shape index (κ3) is 6.86. The normalized spacial score (nSPS) is 11.4. The Hall–Kier alpha value is -3.66. The Balaban J connectivity index is 1.55. The second-order valence-electron chi connectivity index (χ2n) is 8.54. The number of sulfonamides is 1. The quantitative estimate of drug-likeness (QED) is 0.168. The Morgan fingerprint density at radius 2 is 1.74 bits per heavy atom. The minimum Gasteiger partial charge on any atom is -0.496 e. The van der Waals surface area contributed by atoms with Gasteiger partial charge in [-0.1, -0.05) is 63.9 Å². The van der Waals surface area contributed by atoms with Gasteiger partial charge in [-0.3, -0.25) is 9.10 Å². The van der Waals surface area contributed by atoms with Crippen molar-refractivity contribution in [1.82, 2.24) is 5.43 Å². The van der Waals surface area contributed by atoms with Crippen LogP contribution in [0.4, 0.5) is 5.69 Å². The first-order chi connectivity index (χ1) is 18.7. The van der Waals surface area contributed by atoms with Gasteiger partial charge in [0.05, 0.1) is 30.5 Å². The molecule has 0 saturated heterocycles. The Labute approximate surface area is 241 Å². The average Bonchev–Trinajstić information content (AvgIpc) is 2.94. The number of ether oxygens (including phenoxy) is 1. The van der Waals surface area contributed by atoms with Gasteiger partial charge < -0.3 is 4.74 Å². The summed E-state index contributed by atoms with van der Waals surface area (Å²) < 4.78 is 34.8. The number of hydrogen-bond acceptors (Lipinski definition) is 5. The number of carbonyl (C=O) groups is 1. The molecule has 39 heavy (non-hydrogen) atoms. The molecule has 0 aliphatic carbocycles. The van der Waals surface area contributed by atoms with E-state index in [0.29, 0.717) is 33.1 Å². The number of nitrogens with zero attached hydrogens (tertiary/aromatic N) is 2. The smallest absolute Gasteiger partial charge is 0.271 e. The predicted octanol–water partition coefficient (Wildman–Crippen LogP) is 6.58. The van der Waals surface area contributed by atoms with E-state index in [1.165, 1.54) is 10.5 Å². The number of benzene rings is 4. The largest absolute Gasteiger partial charge is 0.496 e. The molecule has 0 aliphatic rings. The Morgan fingerprint density at radius 1 is 1.03 bits per heavy atom. The summed E-state index contributed by atoms with van der Waals surface area (Å²) in [6.07, 6.45) is 1.50. The van der Waals surface area contributed by atoms with Crippen LogP contribution in [-0.2, 0) is 16.6 Å². The van der Waals surface area contributed by atoms with Crippen LogP contribution in [-0.4, -0.2) is 27.6 Å². The second-order valence-corrected chi connectivity index (χ2v) is 11.8. The van der Waals surface area contributed by atoms with Gasteiger partial charge in [-0.05, 0) is 72.6 Å². The van der Waals surface area contributed by atoms with Crippen LogP contribution in [0.25, 0.3) is 0 Å². The number of carbonyl (C=O) groups excluding carboxylic acids is 1. The zero-order chi connectivity index (χ0) is 28.0. The molecule has 4 aromatic carbocycles. The maximum atomic E-state index is 13.7. The summed E-state index contributed by atoms with van der Waals surface area (Å²) >= 11 is 9.64. The molecule has 0 aliphatic heterocycles. The van der Waals surface area contributed by atoms with Gasteiger partial charge in [0.1, 0.15) is 5.75 Å². The first-order valence-corrected chi connectivity index (χ1v) is 14.4. The van der Waals surface area contributed by atoms with E-state index < -0.39 is 15.9 Å². The predicted molar refractivity (Wildman–Crippen MR) is 158 cm³/mol. The van der Waals surface area contributed by atoms with Crippen molar-refractivity contribution in [3.05, 3.63) is 123 Å². The monoisotopic (exact) mass is 625 g/mol. The van der Waals surface area contributed by atoms with E-state index in [2.05, 4.69) is 26.5 Å². The first kappa shape index (κ1) is 28.4. The number of anilines is 1. The average molecular weight is 627 g/mol. The number of hydrazone groups is 1. The van der Waals surface area contributed by atoms with Crippen LogP contribution in [0.2, 0.25) is 5.02 Å². The molecule has 0 unspecified atom stereocenters. The summed E-state index contributed by atoms with van der Waals surface area (Å²) in [6.45, 7) is 1.87. The van der Waals surface area contributed by atoms with Gasteiger partial charge in [0, 0.05) is 20.6 Å². The van der Waals surface area contributed by atoms with E-state index in [4.69, 9.17) is 16.3 Å². The van der Waals surface area contributed by atoms with Crippen molar-refractivity contribution in [1.29, 1.82) is 0 Å². The molecule has 1 amide bonds. The highest BCUT2D eigenvalue weighted by molar-refractivity contribution is 9.10. The number of halogens is 2. The molecule has 0 radical (unpaired) electrons. The maximum Gasteiger partial charge on any atom is 0.271 e. The molecule has 0 saturated carbocycles. The molecule has 7 nitrogen and oxygen atoms in total. The third-order valence-corrected chi connectivity index (χ3v) is 8.38. The molecule has 1 N–H and O–H groups in total. The molecule has 0 atom stereocenters. The zero-order valence-electron chi connectivity index (χ0n) is 21.1. The van der Waals surface area contributed by atoms with Crippen molar-refractivity contribution >= 4 is 55.4 Å². The molecule has 0 aromatic heterocycles. The van der Waals surface area contributed by atoms with E-state index in [0.717, 1.165) is 10.0 Å². The Bertz CT molecular complexity index is 1610. The molecular formula is C29H25BrClN3O4S. The minimum absolute atomic E-state index is 0.0428. The Morgan fingerprint density at radius 3 is 2.44 bits per heavy atom. The lowest BCUT2D eigenvalue weighted by atomic mass is 10.1. The molecule has 200 valence electrons. The number of hydrogen-bond donors (Lipinski definition) is 1. The third-order valence-electron chi connectivity index (χ3n) is 5.87. The van der Waals surface area contributed by atoms with Crippen LogP contribution in [0.15, 0.2) is 105 Å². The molecule has 0 bridgehead atoms. The van der Waals surface area contributed by atoms with Gasteiger partial charge in [0.25, 0.3) is 15.9 Å². The van der Waals surface area contributed by atoms with Crippen LogP contribution in [0.1, 0.15) is 27.0 Å². The van der Waals surface area contributed by atoms with Gasteiger partial charge in [0.2, 0.25) is 0 Å². The highest BCUT2D eigenvalue weighted by atomic mass is 79.9. The van der Waals surface area contributed by atoms with Crippen LogP contribution >= 0.6 is 27.5 Å². The summed E-state index contributed by atoms with van der Waals surface area (Å²) in [6, 6.07) is 25.5. The topological polar surface area (TPSA) is 88.1 Å². The van der Waals surface area contributed by atoms with Gasteiger partial charge in [-0.2, -0.15) is 5.10 Å². The van der Waals surface area contributed by atoms with E-state index in [-0.39, 0.29) is 11.4 Å². The second kappa shape index (κ2) is 12.5. The molecule has 4 rings (SSSR count). The summed E-state index contributed by atoms with van der Waals surface area (Å²) in [4.78, 5) is 12.8. The summed E-state index contributed by atoms with van der Waals surface area (Å²) in [5.74, 6) is 0.205. The zero-order valence-corrected chi connectivity index (χ0v) is 24.3. The van der Waals surface area contributed by atoms with Crippen LogP contribution < -0.4 is 14.5 Å². The van der Waals surface area contributed by atoms with Crippen molar-refractivity contribution in [3.63, 3.8) is 0 Å². The molecule has 4 aromatic rings. The highest BCUT2D eigenvalue weighted by Crippen LogP contribution is 2.31. The Kier molecular flexibility index (Phi) is 9.06. The van der Waals surface area contributed by atoms with E-state index in [1.54, 1.807) is 86.0 Å². The van der Waals surface area contributed by atoms with Crippen LogP contribution in [0, 0.1) is 6.92 Å². The van der Waals surface area contributed by atoms with Gasteiger partial charge >= 0.3 is 0 Å². The van der Waals surface area contributed by atoms with Crippen molar-refractivity contribution in [2.45, 2.75) is 18.4 Å². The molecular weight excluding hydrogens is 602 g/mol. The van der Waals surface area contributed by atoms with Crippen LogP contribution in [0.5, 0.6) is 5.75 Å². The van der Waals surface area contributed by atoms with Gasteiger partial charge in [-0.25, -0.2) is 13.8 Å². The van der Waals surface area contributed by atoms with E-state index in [1.807, 2.05) is 19.1 Å². The fraction of sp³-hybridized carbons (Fsp3) is 0.103. The van der Waals surface area contributed by atoms with Crippen molar-refractivity contribution < 1.29 is 17.9 Å². The summed E-state index contributed by atoms with van der Waals surface area (Å²) in [5, 5.41) is 4.46. The molecule has 0 fully saturated rings. The van der Waals surface area contributed by atoms with Crippen molar-refractivity contribution in [2.75, 3.05) is 11.4 Å². The van der Waals surface area contributed by atoms with Crippen molar-refractivity contribution in [2.24, 2.45) is 5.10 Å². The maximum absolute atomic E-state index is 13.7. The number of aryl methyl sites for hydroxylation is 1. The number of methoxy groups -OCH3 is 1. The minimum atomic E-state index is -3.90. The number of nitrogens with one attached hydrogen (secondary N) is 1. The van der Waals surface area contributed by atoms with E-state index >= 15 is 0 Å². The lowest BCUT2D eigenvalue weighted by Gasteiger charge is -2.26. The van der Waals surface area contributed by atoms with E-state index in [9.17, 15) is 13.2 Å². The van der Waals surface area contributed by atoms with Gasteiger partial charge in [-0.15, -0.1) is 0 Å². The molecule has 0 heterocycles. The summed E-state index contributed by atoms with van der Waals surface area (Å²) in [5.41, 5.74) is 5.49. The molecule has 10 heteroatoms. The lowest BCUT2D eigenvalue weighted by Crippen LogP contribution is -2.31.